The van der Waals surface area contributed by atoms with Gasteiger partial charge in [0, 0.05) is 32.2 Å². The molecule has 0 aromatic heterocycles. The summed E-state index contributed by atoms with van der Waals surface area (Å²) in [4.78, 5) is 16.7. The standard InChI is InChI=1S/C20H31N3O2/c1-21-20(24)19-4-2-18(3-5-19)16-23-10-7-17(8-11-23)6-9-22-12-14-25-15-13-22/h2-5,17H,6-16H2,1H3,(H,21,24). The minimum atomic E-state index is -0.0207. The minimum absolute atomic E-state index is 0.0207. The van der Waals surface area contributed by atoms with Gasteiger partial charge in [0.15, 0.2) is 0 Å². The Labute approximate surface area is 151 Å². The van der Waals surface area contributed by atoms with Gasteiger partial charge in [-0.25, -0.2) is 0 Å². The van der Waals surface area contributed by atoms with Crippen LogP contribution in [0, 0.1) is 5.92 Å². The SMILES string of the molecule is CNC(=O)c1ccc(CN2CCC(CCN3CCOCC3)CC2)cc1. The van der Waals surface area contributed by atoms with Crippen molar-refractivity contribution in [3.05, 3.63) is 35.4 Å². The van der Waals surface area contributed by atoms with Crippen LogP contribution in [0.2, 0.25) is 0 Å². The van der Waals surface area contributed by atoms with Gasteiger partial charge in [-0.05, 0) is 62.5 Å². The summed E-state index contributed by atoms with van der Waals surface area (Å²) in [7, 11) is 1.67. The van der Waals surface area contributed by atoms with Crippen LogP contribution in [0.1, 0.15) is 35.2 Å². The third-order valence-corrected chi connectivity index (χ3v) is 5.51. The second kappa shape index (κ2) is 9.32. The van der Waals surface area contributed by atoms with Crippen LogP contribution in [0.4, 0.5) is 0 Å². The third-order valence-electron chi connectivity index (χ3n) is 5.51. The van der Waals surface area contributed by atoms with E-state index in [1.807, 2.05) is 12.1 Å². The zero-order chi connectivity index (χ0) is 17.5. The van der Waals surface area contributed by atoms with Crippen molar-refractivity contribution in [3.63, 3.8) is 0 Å². The maximum absolute atomic E-state index is 11.6. The van der Waals surface area contributed by atoms with Crippen LogP contribution in [-0.2, 0) is 11.3 Å². The van der Waals surface area contributed by atoms with Gasteiger partial charge in [0.1, 0.15) is 0 Å². The van der Waals surface area contributed by atoms with Crippen LogP contribution in [-0.4, -0.2) is 68.7 Å². The number of piperidine rings is 1. The van der Waals surface area contributed by atoms with Crippen LogP contribution in [0.5, 0.6) is 0 Å². The molecule has 5 nitrogen and oxygen atoms in total. The minimum Gasteiger partial charge on any atom is -0.379 e. The van der Waals surface area contributed by atoms with Crippen molar-refractivity contribution in [2.75, 3.05) is 53.0 Å². The first-order valence-electron chi connectivity index (χ1n) is 9.58. The molecule has 0 spiro atoms. The predicted molar refractivity (Wildman–Crippen MR) is 99.7 cm³/mol. The van der Waals surface area contributed by atoms with E-state index in [4.69, 9.17) is 4.74 Å². The first-order valence-corrected chi connectivity index (χ1v) is 9.58. The summed E-state index contributed by atoms with van der Waals surface area (Å²) in [6.45, 7) is 8.60. The monoisotopic (exact) mass is 345 g/mol. The van der Waals surface area contributed by atoms with Crippen LogP contribution < -0.4 is 5.32 Å². The van der Waals surface area contributed by atoms with Gasteiger partial charge in [-0.2, -0.15) is 0 Å². The zero-order valence-corrected chi connectivity index (χ0v) is 15.4. The number of rotatable bonds is 6. The van der Waals surface area contributed by atoms with Gasteiger partial charge in [-0.3, -0.25) is 14.6 Å². The summed E-state index contributed by atoms with van der Waals surface area (Å²) in [6.07, 6.45) is 3.94. The molecule has 25 heavy (non-hydrogen) atoms. The average Bonchev–Trinajstić information content (AvgIpc) is 2.68. The highest BCUT2D eigenvalue weighted by Crippen LogP contribution is 2.22. The number of nitrogens with zero attached hydrogens (tertiary/aromatic N) is 2. The number of morpholine rings is 1. The molecule has 0 radical (unpaired) electrons. The van der Waals surface area contributed by atoms with Gasteiger partial charge in [0.05, 0.1) is 13.2 Å². The average molecular weight is 345 g/mol. The van der Waals surface area contributed by atoms with E-state index >= 15 is 0 Å². The van der Waals surface area contributed by atoms with E-state index in [0.29, 0.717) is 0 Å². The predicted octanol–water partition coefficient (Wildman–Crippen LogP) is 1.98. The zero-order valence-electron chi connectivity index (χ0n) is 15.4. The van der Waals surface area contributed by atoms with Crippen LogP contribution in [0.3, 0.4) is 0 Å². The summed E-state index contributed by atoms with van der Waals surface area (Å²) in [5.41, 5.74) is 2.02. The number of nitrogens with one attached hydrogen (secondary N) is 1. The van der Waals surface area contributed by atoms with Crippen molar-refractivity contribution in [2.24, 2.45) is 5.92 Å². The molecule has 138 valence electrons. The van der Waals surface area contributed by atoms with Gasteiger partial charge in [0.25, 0.3) is 5.91 Å². The van der Waals surface area contributed by atoms with E-state index in [1.54, 1.807) is 7.05 Å². The number of carbonyl (C=O) groups excluding carboxylic acids is 1. The summed E-state index contributed by atoms with van der Waals surface area (Å²) in [5.74, 6) is 0.849. The summed E-state index contributed by atoms with van der Waals surface area (Å²) in [6, 6.07) is 8.00. The van der Waals surface area contributed by atoms with Crippen molar-refractivity contribution in [1.29, 1.82) is 0 Å². The highest BCUT2D eigenvalue weighted by Gasteiger charge is 2.20. The third kappa shape index (κ3) is 5.53. The molecule has 2 saturated heterocycles. The van der Waals surface area contributed by atoms with Crippen molar-refractivity contribution in [1.82, 2.24) is 15.1 Å². The van der Waals surface area contributed by atoms with E-state index in [-0.39, 0.29) is 5.91 Å². The molecule has 2 fully saturated rings. The Hall–Kier alpha value is -1.43. The lowest BCUT2D eigenvalue weighted by atomic mass is 9.93. The fourth-order valence-corrected chi connectivity index (χ4v) is 3.79. The molecule has 0 bridgehead atoms. The smallest absolute Gasteiger partial charge is 0.251 e. The molecular formula is C20H31N3O2. The number of hydrogen-bond donors (Lipinski definition) is 1. The maximum atomic E-state index is 11.6. The summed E-state index contributed by atoms with van der Waals surface area (Å²) < 4.78 is 5.42. The van der Waals surface area contributed by atoms with Crippen LogP contribution in [0.15, 0.2) is 24.3 Å². The number of carbonyl (C=O) groups is 1. The molecular weight excluding hydrogens is 314 g/mol. The van der Waals surface area contributed by atoms with Crippen LogP contribution in [0.25, 0.3) is 0 Å². The molecule has 3 rings (SSSR count). The van der Waals surface area contributed by atoms with Crippen molar-refractivity contribution < 1.29 is 9.53 Å². The van der Waals surface area contributed by atoms with Gasteiger partial charge in [0.2, 0.25) is 0 Å². The second-order valence-electron chi connectivity index (χ2n) is 7.24. The topological polar surface area (TPSA) is 44.8 Å². The van der Waals surface area contributed by atoms with Gasteiger partial charge in [-0.15, -0.1) is 0 Å². The number of amides is 1. The summed E-state index contributed by atoms with van der Waals surface area (Å²) in [5, 5.41) is 2.66. The molecule has 2 heterocycles. The Bertz CT molecular complexity index is 532. The maximum Gasteiger partial charge on any atom is 0.251 e. The Kier molecular flexibility index (Phi) is 6.84. The van der Waals surface area contributed by atoms with E-state index in [0.717, 1.165) is 44.3 Å². The van der Waals surface area contributed by atoms with Crippen LogP contribution >= 0.6 is 0 Å². The Morgan fingerprint density at radius 3 is 2.40 bits per heavy atom. The molecule has 5 heteroatoms. The second-order valence-corrected chi connectivity index (χ2v) is 7.24. The number of ether oxygens (including phenoxy) is 1. The molecule has 1 N–H and O–H groups in total. The molecule has 2 aliphatic heterocycles. The van der Waals surface area contributed by atoms with Crippen molar-refractivity contribution in [3.8, 4) is 0 Å². The number of benzene rings is 1. The molecule has 2 aliphatic rings. The van der Waals surface area contributed by atoms with E-state index < -0.39 is 0 Å². The lowest BCUT2D eigenvalue weighted by Gasteiger charge is -2.34. The Morgan fingerprint density at radius 2 is 1.76 bits per heavy atom. The quantitative estimate of drug-likeness (QED) is 0.856. The Morgan fingerprint density at radius 1 is 1.08 bits per heavy atom. The van der Waals surface area contributed by atoms with Gasteiger partial charge < -0.3 is 10.1 Å². The number of likely N-dealkylation sites (tertiary alicyclic amines) is 1. The number of hydrogen-bond acceptors (Lipinski definition) is 4. The summed E-state index contributed by atoms with van der Waals surface area (Å²) >= 11 is 0. The molecule has 1 amide bonds. The lowest BCUT2D eigenvalue weighted by molar-refractivity contribution is 0.0334. The highest BCUT2D eigenvalue weighted by molar-refractivity contribution is 5.93. The first kappa shape index (κ1) is 18.4. The first-order chi connectivity index (χ1) is 12.2. The molecule has 1 aromatic rings. The largest absolute Gasteiger partial charge is 0.379 e. The molecule has 0 saturated carbocycles. The van der Waals surface area contributed by atoms with Gasteiger partial charge >= 0.3 is 0 Å². The molecule has 0 aliphatic carbocycles. The fourth-order valence-electron chi connectivity index (χ4n) is 3.79. The lowest BCUT2D eigenvalue weighted by Crippen LogP contribution is -2.39. The normalized spacial score (nSPS) is 20.5. The fraction of sp³-hybridized carbons (Fsp3) is 0.650. The Balaban J connectivity index is 1.38. The van der Waals surface area contributed by atoms with E-state index in [2.05, 4.69) is 27.2 Å². The molecule has 1 aromatic carbocycles. The molecule has 0 atom stereocenters. The van der Waals surface area contributed by atoms with E-state index in [9.17, 15) is 4.79 Å². The highest BCUT2D eigenvalue weighted by atomic mass is 16.5. The van der Waals surface area contributed by atoms with Crippen molar-refractivity contribution >= 4 is 5.91 Å². The van der Waals surface area contributed by atoms with Crippen molar-refractivity contribution in [2.45, 2.75) is 25.8 Å². The van der Waals surface area contributed by atoms with Gasteiger partial charge in [-0.1, -0.05) is 12.1 Å². The molecule has 0 unspecified atom stereocenters. The van der Waals surface area contributed by atoms with E-state index in [1.165, 1.54) is 44.5 Å².